The van der Waals surface area contributed by atoms with Crippen LogP contribution in [-0.4, -0.2) is 17.9 Å². The number of ether oxygens (including phenoxy) is 1. The second-order valence-corrected chi connectivity index (χ2v) is 5.05. The van der Waals surface area contributed by atoms with Gasteiger partial charge in [0.15, 0.2) is 0 Å². The van der Waals surface area contributed by atoms with Crippen molar-refractivity contribution >= 4 is 18.3 Å². The SMILES string of the molecule is O=C(Cc1ccccc1)Oc1ccc2c(c1)B(O)CC2. The molecule has 0 aliphatic carbocycles. The Morgan fingerprint density at radius 1 is 1.20 bits per heavy atom. The fourth-order valence-electron chi connectivity index (χ4n) is 2.55. The predicted molar refractivity (Wildman–Crippen MR) is 78.3 cm³/mol. The van der Waals surface area contributed by atoms with Crippen molar-refractivity contribution in [2.75, 3.05) is 0 Å². The molecular weight excluding hydrogens is 251 g/mol. The highest BCUT2D eigenvalue weighted by molar-refractivity contribution is 6.68. The summed E-state index contributed by atoms with van der Waals surface area (Å²) in [7, 11) is 0. The van der Waals surface area contributed by atoms with E-state index in [0.29, 0.717) is 5.75 Å². The van der Waals surface area contributed by atoms with Gasteiger partial charge in [-0.15, -0.1) is 0 Å². The van der Waals surface area contributed by atoms with Gasteiger partial charge in [0, 0.05) is 0 Å². The number of rotatable bonds is 3. The van der Waals surface area contributed by atoms with Crippen LogP contribution >= 0.6 is 0 Å². The van der Waals surface area contributed by atoms with Gasteiger partial charge in [-0.3, -0.25) is 4.79 Å². The van der Waals surface area contributed by atoms with Crippen molar-refractivity contribution in [2.45, 2.75) is 19.2 Å². The van der Waals surface area contributed by atoms with Gasteiger partial charge in [0.2, 0.25) is 0 Å². The van der Waals surface area contributed by atoms with Crippen LogP contribution in [-0.2, 0) is 17.6 Å². The quantitative estimate of drug-likeness (QED) is 0.521. The van der Waals surface area contributed by atoms with Gasteiger partial charge in [-0.1, -0.05) is 42.0 Å². The van der Waals surface area contributed by atoms with Gasteiger partial charge >= 0.3 is 12.9 Å². The van der Waals surface area contributed by atoms with Crippen LogP contribution in [0.15, 0.2) is 48.5 Å². The molecule has 0 saturated heterocycles. The Kier molecular flexibility index (Phi) is 3.57. The molecule has 0 spiro atoms. The van der Waals surface area contributed by atoms with E-state index < -0.39 is 6.92 Å². The Bertz CT molecular complexity index is 625. The highest BCUT2D eigenvalue weighted by Crippen LogP contribution is 2.18. The van der Waals surface area contributed by atoms with Crippen LogP contribution in [0.1, 0.15) is 11.1 Å². The highest BCUT2D eigenvalue weighted by Gasteiger charge is 2.25. The summed E-state index contributed by atoms with van der Waals surface area (Å²) in [4.78, 5) is 11.9. The van der Waals surface area contributed by atoms with E-state index in [-0.39, 0.29) is 12.4 Å². The largest absolute Gasteiger partial charge is 0.446 e. The highest BCUT2D eigenvalue weighted by atomic mass is 16.5. The lowest BCUT2D eigenvalue weighted by molar-refractivity contribution is -0.133. The van der Waals surface area contributed by atoms with Crippen molar-refractivity contribution in [2.24, 2.45) is 0 Å². The summed E-state index contributed by atoms with van der Waals surface area (Å²) in [6, 6.07) is 15.0. The van der Waals surface area contributed by atoms with Crippen molar-refractivity contribution in [3.05, 3.63) is 59.7 Å². The monoisotopic (exact) mass is 266 g/mol. The van der Waals surface area contributed by atoms with E-state index in [2.05, 4.69) is 0 Å². The maximum absolute atomic E-state index is 11.9. The summed E-state index contributed by atoms with van der Waals surface area (Å²) < 4.78 is 5.34. The Morgan fingerprint density at radius 2 is 2.00 bits per heavy atom. The van der Waals surface area contributed by atoms with Crippen molar-refractivity contribution in [3.8, 4) is 5.75 Å². The molecule has 4 heteroatoms. The van der Waals surface area contributed by atoms with E-state index in [4.69, 9.17) is 4.74 Å². The Hall–Kier alpha value is -2.07. The first-order chi connectivity index (χ1) is 9.72. The molecule has 0 amide bonds. The third-order valence-electron chi connectivity index (χ3n) is 3.59. The first-order valence-electron chi connectivity index (χ1n) is 6.78. The zero-order chi connectivity index (χ0) is 13.9. The van der Waals surface area contributed by atoms with Crippen LogP contribution in [0.5, 0.6) is 5.75 Å². The number of hydrogen-bond donors (Lipinski definition) is 1. The molecular formula is C16H15BO3. The van der Waals surface area contributed by atoms with Crippen LogP contribution in [0.3, 0.4) is 0 Å². The van der Waals surface area contributed by atoms with Gasteiger partial charge in [-0.2, -0.15) is 0 Å². The fourth-order valence-corrected chi connectivity index (χ4v) is 2.55. The second kappa shape index (κ2) is 5.51. The molecule has 1 aliphatic rings. The molecule has 1 heterocycles. The molecule has 20 heavy (non-hydrogen) atoms. The van der Waals surface area contributed by atoms with Gasteiger partial charge < -0.3 is 9.76 Å². The zero-order valence-electron chi connectivity index (χ0n) is 11.1. The molecule has 0 saturated carbocycles. The number of hydrogen-bond acceptors (Lipinski definition) is 3. The topological polar surface area (TPSA) is 46.5 Å². The molecule has 0 bridgehead atoms. The smallest absolute Gasteiger partial charge is 0.324 e. The molecule has 1 aliphatic heterocycles. The molecule has 3 rings (SSSR count). The lowest BCUT2D eigenvalue weighted by Crippen LogP contribution is -2.26. The minimum atomic E-state index is -0.433. The van der Waals surface area contributed by atoms with Gasteiger partial charge in [-0.05, 0) is 35.9 Å². The Morgan fingerprint density at radius 3 is 2.80 bits per heavy atom. The number of aryl methyl sites for hydroxylation is 1. The zero-order valence-corrected chi connectivity index (χ0v) is 11.1. The van der Waals surface area contributed by atoms with Crippen molar-refractivity contribution in [1.29, 1.82) is 0 Å². The van der Waals surface area contributed by atoms with Crippen LogP contribution in [0, 0.1) is 0 Å². The van der Waals surface area contributed by atoms with Gasteiger partial charge in [0.25, 0.3) is 0 Å². The molecule has 0 fully saturated rings. The normalized spacial score (nSPS) is 13.2. The van der Waals surface area contributed by atoms with Crippen LogP contribution in [0.25, 0.3) is 0 Å². The number of carbonyl (C=O) groups excluding carboxylic acids is 1. The molecule has 0 unspecified atom stereocenters. The summed E-state index contributed by atoms with van der Waals surface area (Å²) in [6.07, 6.45) is 1.88. The van der Waals surface area contributed by atoms with Gasteiger partial charge in [0.1, 0.15) is 5.75 Å². The molecule has 2 aromatic rings. The van der Waals surface area contributed by atoms with Gasteiger partial charge in [-0.25, -0.2) is 0 Å². The minimum Gasteiger partial charge on any atom is -0.446 e. The number of esters is 1. The molecule has 0 radical (unpaired) electrons. The number of benzene rings is 2. The Balaban J connectivity index is 1.69. The predicted octanol–water partition coefficient (Wildman–Crippen LogP) is 1.58. The molecule has 2 aromatic carbocycles. The van der Waals surface area contributed by atoms with Crippen molar-refractivity contribution in [1.82, 2.24) is 0 Å². The van der Waals surface area contributed by atoms with E-state index in [9.17, 15) is 9.82 Å². The van der Waals surface area contributed by atoms with Crippen LogP contribution < -0.4 is 10.2 Å². The van der Waals surface area contributed by atoms with E-state index in [1.807, 2.05) is 36.4 Å². The summed E-state index contributed by atoms with van der Waals surface area (Å²) in [6.45, 7) is -0.433. The van der Waals surface area contributed by atoms with Crippen molar-refractivity contribution < 1.29 is 14.6 Å². The van der Waals surface area contributed by atoms with E-state index in [1.165, 1.54) is 0 Å². The van der Waals surface area contributed by atoms with E-state index in [1.54, 1.807) is 12.1 Å². The minimum absolute atomic E-state index is 0.250. The first kappa shape index (κ1) is 12.9. The average molecular weight is 266 g/mol. The van der Waals surface area contributed by atoms with Crippen molar-refractivity contribution in [3.63, 3.8) is 0 Å². The second-order valence-electron chi connectivity index (χ2n) is 5.05. The Labute approximate surface area is 118 Å². The third kappa shape index (κ3) is 2.75. The summed E-state index contributed by atoms with van der Waals surface area (Å²) in [5.41, 5.74) is 2.95. The fraction of sp³-hybridized carbons (Fsp3) is 0.188. The molecule has 100 valence electrons. The molecule has 3 nitrogen and oxygen atoms in total. The molecule has 0 atom stereocenters. The average Bonchev–Trinajstić information content (AvgIpc) is 2.81. The lowest BCUT2D eigenvalue weighted by atomic mass is 9.63. The number of fused-ring (bicyclic) bond motifs is 1. The summed E-state index contributed by atoms with van der Waals surface area (Å²) in [5, 5.41) is 9.83. The van der Waals surface area contributed by atoms with E-state index in [0.717, 1.165) is 29.3 Å². The molecule has 1 N–H and O–H groups in total. The number of carbonyl (C=O) groups is 1. The van der Waals surface area contributed by atoms with Crippen LogP contribution in [0.4, 0.5) is 0 Å². The summed E-state index contributed by atoms with van der Waals surface area (Å²) in [5.74, 6) is 0.217. The lowest BCUT2D eigenvalue weighted by Gasteiger charge is -2.07. The maximum Gasteiger partial charge on any atom is 0.324 e. The molecule has 0 aromatic heterocycles. The standard InChI is InChI=1S/C16H15BO3/c18-16(10-12-4-2-1-3-5-12)20-14-7-6-13-8-9-17(19)15(13)11-14/h1-7,11,19H,8-10H2. The summed E-state index contributed by atoms with van der Waals surface area (Å²) >= 11 is 0. The third-order valence-corrected chi connectivity index (χ3v) is 3.59. The first-order valence-corrected chi connectivity index (χ1v) is 6.78. The van der Waals surface area contributed by atoms with Gasteiger partial charge in [0.05, 0.1) is 6.42 Å². The van der Waals surface area contributed by atoms with Crippen LogP contribution in [0.2, 0.25) is 6.32 Å². The maximum atomic E-state index is 11.9. The van der Waals surface area contributed by atoms with E-state index >= 15 is 0 Å².